The number of nitrogens with zero attached hydrogens (tertiary/aromatic N) is 1. The molecule has 25 heavy (non-hydrogen) atoms. The van der Waals surface area contributed by atoms with E-state index in [2.05, 4.69) is 47.5 Å². The van der Waals surface area contributed by atoms with E-state index in [0.717, 1.165) is 25.0 Å². The average Bonchev–Trinajstić information content (AvgIpc) is 3.21. The monoisotopic (exact) mass is 338 g/mol. The Bertz CT molecular complexity index is 773. The van der Waals surface area contributed by atoms with E-state index in [9.17, 15) is 4.79 Å². The molecule has 1 aliphatic carbocycles. The first-order valence-electron chi connectivity index (χ1n) is 9.57. The molecule has 0 unspecified atom stereocenters. The second kappa shape index (κ2) is 5.10. The third kappa shape index (κ3) is 1.74. The van der Waals surface area contributed by atoms with Gasteiger partial charge in [-0.3, -0.25) is 4.90 Å². The van der Waals surface area contributed by atoms with Gasteiger partial charge in [-0.15, -0.1) is 0 Å². The van der Waals surface area contributed by atoms with Crippen LogP contribution in [0.1, 0.15) is 38.2 Å². The van der Waals surface area contributed by atoms with Crippen LogP contribution in [-0.4, -0.2) is 43.2 Å². The van der Waals surface area contributed by atoms with Crippen LogP contribution >= 0.6 is 0 Å². The Morgan fingerprint density at radius 3 is 2.96 bits per heavy atom. The fraction of sp³-hybridized carbons (Fsp3) is 0.571. The summed E-state index contributed by atoms with van der Waals surface area (Å²) in [6.07, 6.45) is 6.86. The summed E-state index contributed by atoms with van der Waals surface area (Å²) in [4.78, 5) is 15.4. The topological polar surface area (TPSA) is 41.6 Å². The zero-order valence-corrected chi connectivity index (χ0v) is 15.0. The lowest BCUT2D eigenvalue weighted by atomic mass is 9.53. The van der Waals surface area contributed by atoms with E-state index in [4.69, 9.17) is 4.74 Å². The molecule has 1 aromatic carbocycles. The molecule has 132 valence electrons. The van der Waals surface area contributed by atoms with Crippen LogP contribution in [0.2, 0.25) is 0 Å². The Hall–Kier alpha value is -1.81. The van der Waals surface area contributed by atoms with Gasteiger partial charge in [0.25, 0.3) is 0 Å². The van der Waals surface area contributed by atoms with Crippen molar-refractivity contribution in [3.8, 4) is 0 Å². The van der Waals surface area contributed by atoms with Crippen LogP contribution in [0.4, 0.5) is 5.69 Å². The molecule has 0 aromatic heterocycles. The molecule has 3 aliphatic heterocycles. The zero-order chi connectivity index (χ0) is 17.2. The van der Waals surface area contributed by atoms with Crippen LogP contribution in [0.5, 0.6) is 0 Å². The van der Waals surface area contributed by atoms with Crippen LogP contribution in [0.3, 0.4) is 0 Å². The van der Waals surface area contributed by atoms with Gasteiger partial charge in [0.05, 0.1) is 18.7 Å². The number of rotatable bonds is 2. The van der Waals surface area contributed by atoms with Crippen LogP contribution in [0.25, 0.3) is 0 Å². The van der Waals surface area contributed by atoms with Gasteiger partial charge in [0.2, 0.25) is 0 Å². The molecule has 2 saturated heterocycles. The van der Waals surface area contributed by atoms with Gasteiger partial charge in [0, 0.05) is 22.6 Å². The van der Waals surface area contributed by atoms with E-state index in [1.54, 1.807) is 0 Å². The number of hydrogen-bond acceptors (Lipinski definition) is 4. The quantitative estimate of drug-likeness (QED) is 0.842. The minimum absolute atomic E-state index is 0.00863. The Morgan fingerprint density at radius 1 is 1.32 bits per heavy atom. The fourth-order valence-corrected chi connectivity index (χ4v) is 6.49. The molecule has 4 heteroatoms. The number of carbonyl (C=O) groups is 1. The summed E-state index contributed by atoms with van der Waals surface area (Å²) in [5.74, 6) is -0.167. The molecular weight excluding hydrogens is 312 g/mol. The summed E-state index contributed by atoms with van der Waals surface area (Å²) >= 11 is 0. The second-order valence-electron chi connectivity index (χ2n) is 8.13. The minimum Gasteiger partial charge on any atom is -0.466 e. The molecule has 4 aliphatic rings. The van der Waals surface area contributed by atoms with Crippen molar-refractivity contribution in [2.75, 3.05) is 25.5 Å². The number of ether oxygens (including phenoxy) is 1. The smallest absolute Gasteiger partial charge is 0.335 e. The normalized spacial score (nSPS) is 38.2. The number of para-hydroxylation sites is 1. The minimum atomic E-state index is -0.167. The van der Waals surface area contributed by atoms with Gasteiger partial charge < -0.3 is 10.1 Å². The standard InChI is InChI=1S/C21H26N2O2/c1-3-20-9-6-11-23-12-10-21(19(20)23)15-7-4-5-8-16(15)22-17(21)14(13-20)18(24)25-2/h4-5,7-8,13,17,19,22H,3,6,9-12H2,1-2H3/t17-,19-,20-,21-/m0/s1. The summed E-state index contributed by atoms with van der Waals surface area (Å²) in [5.41, 5.74) is 3.52. The zero-order valence-electron chi connectivity index (χ0n) is 15.0. The lowest BCUT2D eigenvalue weighted by molar-refractivity contribution is -0.137. The molecular formula is C21H26N2O2. The van der Waals surface area contributed by atoms with Crippen molar-refractivity contribution in [3.05, 3.63) is 41.5 Å². The first kappa shape index (κ1) is 15.4. The molecule has 1 aromatic rings. The molecule has 0 saturated carbocycles. The Balaban J connectivity index is 1.79. The van der Waals surface area contributed by atoms with Crippen molar-refractivity contribution in [1.29, 1.82) is 0 Å². The van der Waals surface area contributed by atoms with Crippen molar-refractivity contribution in [2.24, 2.45) is 5.41 Å². The molecule has 3 heterocycles. The number of carbonyl (C=O) groups excluding carboxylic acids is 1. The summed E-state index contributed by atoms with van der Waals surface area (Å²) in [5, 5.41) is 3.70. The number of piperidine rings is 1. The Kier molecular flexibility index (Phi) is 3.15. The van der Waals surface area contributed by atoms with Gasteiger partial charge in [-0.2, -0.15) is 0 Å². The lowest BCUT2D eigenvalue weighted by Gasteiger charge is -2.56. The van der Waals surface area contributed by atoms with E-state index < -0.39 is 0 Å². The maximum absolute atomic E-state index is 12.7. The van der Waals surface area contributed by atoms with Crippen LogP contribution in [0.15, 0.2) is 35.9 Å². The van der Waals surface area contributed by atoms with Gasteiger partial charge >= 0.3 is 5.97 Å². The summed E-state index contributed by atoms with van der Waals surface area (Å²) < 4.78 is 5.21. The molecule has 1 spiro atoms. The van der Waals surface area contributed by atoms with Gasteiger partial charge in [-0.1, -0.05) is 31.2 Å². The van der Waals surface area contributed by atoms with E-state index in [-0.39, 0.29) is 22.8 Å². The number of anilines is 1. The molecule has 1 N–H and O–H groups in total. The molecule has 0 radical (unpaired) electrons. The number of benzene rings is 1. The van der Waals surface area contributed by atoms with Gasteiger partial charge in [0.1, 0.15) is 0 Å². The molecule has 0 amide bonds. The third-order valence-corrected chi connectivity index (χ3v) is 7.37. The number of methoxy groups -OCH3 is 1. The summed E-state index contributed by atoms with van der Waals surface area (Å²) in [6.45, 7) is 4.60. The van der Waals surface area contributed by atoms with E-state index >= 15 is 0 Å². The van der Waals surface area contributed by atoms with Gasteiger partial charge in [-0.25, -0.2) is 4.79 Å². The number of esters is 1. The number of fused-ring (bicyclic) bond motifs is 1. The van der Waals surface area contributed by atoms with Crippen molar-refractivity contribution < 1.29 is 9.53 Å². The maximum Gasteiger partial charge on any atom is 0.335 e. The predicted octanol–water partition coefficient (Wildman–Crippen LogP) is 3.10. The largest absolute Gasteiger partial charge is 0.466 e. The molecule has 5 rings (SSSR count). The molecule has 4 nitrogen and oxygen atoms in total. The average molecular weight is 338 g/mol. The first-order chi connectivity index (χ1) is 12.2. The van der Waals surface area contributed by atoms with Crippen molar-refractivity contribution >= 4 is 11.7 Å². The van der Waals surface area contributed by atoms with E-state index in [1.807, 2.05) is 0 Å². The highest BCUT2D eigenvalue weighted by atomic mass is 16.5. The first-order valence-corrected chi connectivity index (χ1v) is 9.57. The van der Waals surface area contributed by atoms with Crippen LogP contribution < -0.4 is 5.32 Å². The van der Waals surface area contributed by atoms with Crippen LogP contribution in [-0.2, 0) is 14.9 Å². The molecule has 4 atom stereocenters. The van der Waals surface area contributed by atoms with E-state index in [0.29, 0.717) is 6.04 Å². The van der Waals surface area contributed by atoms with Gasteiger partial charge in [-0.05, 0) is 50.4 Å². The van der Waals surface area contributed by atoms with Gasteiger partial charge in [0.15, 0.2) is 0 Å². The second-order valence-corrected chi connectivity index (χ2v) is 8.13. The third-order valence-electron chi connectivity index (χ3n) is 7.37. The van der Waals surface area contributed by atoms with E-state index in [1.165, 1.54) is 37.7 Å². The van der Waals surface area contributed by atoms with Crippen molar-refractivity contribution in [2.45, 2.75) is 50.1 Å². The van der Waals surface area contributed by atoms with Crippen molar-refractivity contribution in [1.82, 2.24) is 4.90 Å². The maximum atomic E-state index is 12.7. The Labute approximate surface area is 149 Å². The number of nitrogens with one attached hydrogen (secondary N) is 1. The fourth-order valence-electron chi connectivity index (χ4n) is 6.49. The van der Waals surface area contributed by atoms with Crippen LogP contribution in [0, 0.1) is 5.41 Å². The highest BCUT2D eigenvalue weighted by Gasteiger charge is 2.67. The summed E-state index contributed by atoms with van der Waals surface area (Å²) in [6, 6.07) is 9.19. The predicted molar refractivity (Wildman–Crippen MR) is 97.6 cm³/mol. The number of hydrogen-bond donors (Lipinski definition) is 1. The molecule has 0 bridgehead atoms. The summed E-state index contributed by atoms with van der Waals surface area (Å²) in [7, 11) is 1.50. The highest BCUT2D eigenvalue weighted by molar-refractivity contribution is 5.93. The Morgan fingerprint density at radius 2 is 2.16 bits per heavy atom. The van der Waals surface area contributed by atoms with Crippen molar-refractivity contribution in [3.63, 3.8) is 0 Å². The lowest BCUT2D eigenvalue weighted by Crippen LogP contribution is -2.63. The highest BCUT2D eigenvalue weighted by Crippen LogP contribution is 2.63. The molecule has 2 fully saturated rings. The SMILES string of the molecule is CC[C@@]12C=C(C(=O)OC)[C@@H]3Nc4ccccc4[C@@]34CCN(CCC1)[C@@H]24.